The van der Waals surface area contributed by atoms with Crippen LogP contribution in [0, 0.1) is 16.0 Å². The number of rotatable bonds is 3. The van der Waals surface area contributed by atoms with E-state index in [-0.39, 0.29) is 28.3 Å². The second-order valence-electron chi connectivity index (χ2n) is 4.16. The van der Waals surface area contributed by atoms with Crippen LogP contribution in [0.15, 0.2) is 18.2 Å². The van der Waals surface area contributed by atoms with Crippen LogP contribution < -0.4 is 15.7 Å². The van der Waals surface area contributed by atoms with E-state index in [2.05, 4.69) is 10.6 Å². The van der Waals surface area contributed by atoms with Crippen molar-refractivity contribution in [2.75, 3.05) is 5.32 Å². The molecule has 0 radical (unpaired) electrons. The zero-order valence-electron chi connectivity index (χ0n) is 9.71. The van der Waals surface area contributed by atoms with Crippen LogP contribution in [0.25, 0.3) is 0 Å². The number of nitrogens with one attached hydrogen (secondary N) is 2. The van der Waals surface area contributed by atoms with Gasteiger partial charge >= 0.3 is 0 Å². The summed E-state index contributed by atoms with van der Waals surface area (Å²) in [6.07, 6.45) is 1.66. The number of benzene rings is 1. The van der Waals surface area contributed by atoms with Crippen molar-refractivity contribution in [3.05, 3.63) is 28.3 Å². The van der Waals surface area contributed by atoms with Gasteiger partial charge in [0.15, 0.2) is 5.11 Å². The van der Waals surface area contributed by atoms with Crippen LogP contribution in [-0.4, -0.2) is 15.9 Å². The molecule has 2 rings (SSSR count). The molecule has 0 atom stereocenters. The summed E-state index contributed by atoms with van der Waals surface area (Å²) >= 11 is 4.88. The standard InChI is InChI=1S/C11H11N3O4S/c15-9-4-3-7(14(17)18)5-8(9)12-11(19)13-10(16)6-1-2-6/h3-6,15H,1-2H2,(H2,12,13,16,19)/p-1. The summed E-state index contributed by atoms with van der Waals surface area (Å²) in [7, 11) is 0. The van der Waals surface area contributed by atoms with E-state index in [4.69, 9.17) is 12.2 Å². The van der Waals surface area contributed by atoms with E-state index in [1.165, 1.54) is 0 Å². The fourth-order valence-corrected chi connectivity index (χ4v) is 1.65. The molecule has 0 bridgehead atoms. The van der Waals surface area contributed by atoms with Crippen molar-refractivity contribution < 1.29 is 14.8 Å². The Morgan fingerprint density at radius 3 is 2.68 bits per heavy atom. The number of amides is 1. The molecular weight excluding hydrogens is 270 g/mol. The number of carbonyl (C=O) groups excluding carboxylic acids is 1. The summed E-state index contributed by atoms with van der Waals surface area (Å²) in [6.45, 7) is 0. The minimum absolute atomic E-state index is 0.0171. The number of thiocarbonyl (C=S) groups is 1. The molecule has 1 aromatic rings. The molecule has 0 saturated heterocycles. The average Bonchev–Trinajstić information content (AvgIpc) is 3.15. The molecule has 1 saturated carbocycles. The lowest BCUT2D eigenvalue weighted by Gasteiger charge is -2.15. The van der Waals surface area contributed by atoms with Gasteiger partial charge in [-0.15, -0.1) is 0 Å². The van der Waals surface area contributed by atoms with Crippen LogP contribution in [0.1, 0.15) is 12.8 Å². The molecule has 19 heavy (non-hydrogen) atoms. The highest BCUT2D eigenvalue weighted by Gasteiger charge is 2.30. The Bertz CT molecular complexity index is 557. The van der Waals surface area contributed by atoms with Gasteiger partial charge in [0.05, 0.1) is 4.92 Å². The van der Waals surface area contributed by atoms with E-state index >= 15 is 0 Å². The maximum Gasteiger partial charge on any atom is 0.271 e. The summed E-state index contributed by atoms with van der Waals surface area (Å²) in [5.41, 5.74) is -0.256. The first-order valence-electron chi connectivity index (χ1n) is 5.54. The molecule has 1 aliphatic carbocycles. The Kier molecular flexibility index (Phi) is 3.61. The third-order valence-electron chi connectivity index (χ3n) is 2.61. The maximum atomic E-state index is 11.5. The number of non-ortho nitro benzene ring substituents is 1. The topological polar surface area (TPSA) is 107 Å². The number of hydrogen-bond acceptors (Lipinski definition) is 5. The molecule has 7 nitrogen and oxygen atoms in total. The van der Waals surface area contributed by atoms with Gasteiger partial charge in [-0.05, 0) is 25.1 Å². The predicted octanol–water partition coefficient (Wildman–Crippen LogP) is 0.891. The molecule has 1 fully saturated rings. The van der Waals surface area contributed by atoms with Crippen LogP contribution in [0.5, 0.6) is 5.75 Å². The highest BCUT2D eigenvalue weighted by Crippen LogP contribution is 2.29. The van der Waals surface area contributed by atoms with E-state index < -0.39 is 10.7 Å². The SMILES string of the molecule is O=C(NC(=S)Nc1cc([N+](=O)[O-])ccc1[O-])C1CC1. The van der Waals surface area contributed by atoms with Gasteiger partial charge in [0, 0.05) is 23.7 Å². The molecule has 1 amide bonds. The highest BCUT2D eigenvalue weighted by molar-refractivity contribution is 7.80. The molecule has 8 heteroatoms. The number of hydrogen-bond donors (Lipinski definition) is 2. The minimum atomic E-state index is -0.615. The molecule has 1 aromatic carbocycles. The third-order valence-corrected chi connectivity index (χ3v) is 2.81. The lowest BCUT2D eigenvalue weighted by atomic mass is 10.2. The molecule has 2 N–H and O–H groups in total. The minimum Gasteiger partial charge on any atom is -0.871 e. The molecular formula is C11H10N3O4S-. The molecule has 0 aliphatic heterocycles. The van der Waals surface area contributed by atoms with Crippen molar-refractivity contribution >= 4 is 34.6 Å². The van der Waals surface area contributed by atoms with Crippen LogP contribution in [0.3, 0.4) is 0 Å². The Labute approximate surface area is 113 Å². The number of nitro benzene ring substituents is 1. The molecule has 0 aromatic heterocycles. The van der Waals surface area contributed by atoms with Crippen molar-refractivity contribution in [1.82, 2.24) is 5.32 Å². The van der Waals surface area contributed by atoms with Crippen molar-refractivity contribution in [3.8, 4) is 5.75 Å². The monoisotopic (exact) mass is 280 g/mol. The van der Waals surface area contributed by atoms with Crippen LogP contribution in [0.2, 0.25) is 0 Å². The van der Waals surface area contributed by atoms with E-state index in [1.54, 1.807) is 0 Å². The van der Waals surface area contributed by atoms with Crippen LogP contribution >= 0.6 is 12.2 Å². The number of anilines is 1. The summed E-state index contributed by atoms with van der Waals surface area (Å²) < 4.78 is 0. The zero-order valence-corrected chi connectivity index (χ0v) is 10.5. The van der Waals surface area contributed by atoms with Crippen LogP contribution in [-0.2, 0) is 4.79 Å². The van der Waals surface area contributed by atoms with Gasteiger partial charge in [-0.3, -0.25) is 14.9 Å². The molecule has 1 aliphatic rings. The van der Waals surface area contributed by atoms with E-state index in [1.807, 2.05) is 0 Å². The Balaban J connectivity index is 2.04. The van der Waals surface area contributed by atoms with E-state index in [0.717, 1.165) is 31.0 Å². The quantitative estimate of drug-likeness (QED) is 0.483. The van der Waals surface area contributed by atoms with Gasteiger partial charge < -0.3 is 15.7 Å². The number of nitro groups is 1. The van der Waals surface area contributed by atoms with Crippen molar-refractivity contribution in [2.24, 2.45) is 5.92 Å². The van der Waals surface area contributed by atoms with Crippen molar-refractivity contribution in [3.63, 3.8) is 0 Å². The maximum absolute atomic E-state index is 11.5. The fourth-order valence-electron chi connectivity index (χ4n) is 1.44. The fraction of sp³-hybridized carbons (Fsp3) is 0.273. The second kappa shape index (κ2) is 5.19. The molecule has 100 valence electrons. The summed E-state index contributed by atoms with van der Waals surface area (Å²) in [5.74, 6) is -0.652. The Morgan fingerprint density at radius 1 is 1.42 bits per heavy atom. The van der Waals surface area contributed by atoms with E-state index in [0.29, 0.717) is 0 Å². The first kappa shape index (κ1) is 13.2. The zero-order chi connectivity index (χ0) is 14.0. The predicted molar refractivity (Wildman–Crippen MR) is 69.6 cm³/mol. The summed E-state index contributed by atoms with van der Waals surface area (Å²) in [5, 5.41) is 27.0. The van der Waals surface area contributed by atoms with Crippen LogP contribution in [0.4, 0.5) is 11.4 Å². The van der Waals surface area contributed by atoms with Crippen molar-refractivity contribution in [2.45, 2.75) is 12.8 Å². The largest absolute Gasteiger partial charge is 0.871 e. The summed E-state index contributed by atoms with van der Waals surface area (Å²) in [6, 6.07) is 3.27. The molecule has 0 heterocycles. The lowest BCUT2D eigenvalue weighted by molar-refractivity contribution is -0.385. The summed E-state index contributed by atoms with van der Waals surface area (Å²) in [4.78, 5) is 21.4. The average molecular weight is 280 g/mol. The molecule has 0 unspecified atom stereocenters. The third kappa shape index (κ3) is 3.38. The number of nitrogens with zero attached hydrogens (tertiary/aromatic N) is 1. The Hall–Kier alpha value is -2.22. The first-order valence-corrected chi connectivity index (χ1v) is 5.95. The van der Waals surface area contributed by atoms with Gasteiger partial charge in [0.1, 0.15) is 0 Å². The normalized spacial score (nSPS) is 13.7. The molecule has 0 spiro atoms. The van der Waals surface area contributed by atoms with Gasteiger partial charge in [0.25, 0.3) is 5.69 Å². The van der Waals surface area contributed by atoms with Gasteiger partial charge in [-0.1, -0.05) is 11.8 Å². The van der Waals surface area contributed by atoms with E-state index in [9.17, 15) is 20.0 Å². The number of carbonyl (C=O) groups is 1. The van der Waals surface area contributed by atoms with Gasteiger partial charge in [0.2, 0.25) is 5.91 Å². The van der Waals surface area contributed by atoms with Crippen molar-refractivity contribution in [1.29, 1.82) is 0 Å². The highest BCUT2D eigenvalue weighted by atomic mass is 32.1. The van der Waals surface area contributed by atoms with Gasteiger partial charge in [-0.25, -0.2) is 0 Å². The van der Waals surface area contributed by atoms with Gasteiger partial charge in [-0.2, -0.15) is 0 Å². The second-order valence-corrected chi connectivity index (χ2v) is 4.56. The Morgan fingerprint density at radius 2 is 2.11 bits per heavy atom. The lowest BCUT2D eigenvalue weighted by Crippen LogP contribution is -2.35. The smallest absolute Gasteiger partial charge is 0.271 e. The first-order chi connectivity index (χ1) is 8.97.